The molecule has 2 N–H and O–H groups in total. The number of nitrogens with zero attached hydrogens (tertiary/aromatic N) is 2. The van der Waals surface area contributed by atoms with Gasteiger partial charge in [-0.1, -0.05) is 30.3 Å². The minimum atomic E-state index is 0.216. The number of aliphatic imine (C=N–C) groups is 2. The van der Waals surface area contributed by atoms with Gasteiger partial charge in [0, 0.05) is 18.0 Å². The molecule has 1 fully saturated rings. The van der Waals surface area contributed by atoms with Crippen molar-refractivity contribution in [3.63, 3.8) is 0 Å². The third-order valence-electron chi connectivity index (χ3n) is 3.17. The Bertz CT molecular complexity index is 577. The van der Waals surface area contributed by atoms with Crippen LogP contribution in [-0.2, 0) is 6.42 Å². The van der Waals surface area contributed by atoms with Crippen molar-refractivity contribution in [3.05, 3.63) is 47.3 Å². The molecule has 4 nitrogen and oxygen atoms in total. The molecular weight excluding hydrogens is 260 g/mol. The smallest absolute Gasteiger partial charge is 0.132 e. The first-order valence-corrected chi connectivity index (χ1v) is 6.67. The summed E-state index contributed by atoms with van der Waals surface area (Å²) in [5.41, 5.74) is 1.12. The van der Waals surface area contributed by atoms with Gasteiger partial charge in [0.05, 0.1) is 11.9 Å². The highest BCUT2D eigenvalue weighted by atomic mass is 35.5. The van der Waals surface area contributed by atoms with Gasteiger partial charge in [-0.2, -0.15) is 0 Å². The summed E-state index contributed by atoms with van der Waals surface area (Å²) < 4.78 is 0. The second-order valence-electron chi connectivity index (χ2n) is 4.69. The van der Waals surface area contributed by atoms with Crippen LogP contribution in [0, 0.1) is 0 Å². The zero-order valence-electron chi connectivity index (χ0n) is 10.5. The topological polar surface area (TPSA) is 48.8 Å². The summed E-state index contributed by atoms with van der Waals surface area (Å²) in [6.45, 7) is 4.64. The average molecular weight is 275 g/mol. The van der Waals surface area contributed by atoms with Gasteiger partial charge in [0.1, 0.15) is 11.7 Å². The maximum absolute atomic E-state index is 5.99. The standard InChI is InChI=1S/C14H15ClN4/c1-9-17-12-5-6-16-13(19-14(12)18-9)8-10-3-2-4-11(15)7-10/h2-4,7,12,17H,1,5-6,8H2,(H,16,18,19). The first kappa shape index (κ1) is 12.2. The van der Waals surface area contributed by atoms with Crippen molar-refractivity contribution < 1.29 is 0 Å². The van der Waals surface area contributed by atoms with Crippen molar-refractivity contribution in [2.75, 3.05) is 6.54 Å². The third-order valence-corrected chi connectivity index (χ3v) is 3.41. The van der Waals surface area contributed by atoms with Crippen LogP contribution in [0.2, 0.25) is 5.02 Å². The van der Waals surface area contributed by atoms with Gasteiger partial charge >= 0.3 is 0 Å². The van der Waals surface area contributed by atoms with E-state index < -0.39 is 0 Å². The molecule has 2 aliphatic rings. The van der Waals surface area contributed by atoms with Crippen LogP contribution in [0.15, 0.2) is 46.7 Å². The van der Waals surface area contributed by atoms with E-state index in [9.17, 15) is 0 Å². The Balaban J connectivity index is 1.81. The molecule has 1 aromatic carbocycles. The summed E-state index contributed by atoms with van der Waals surface area (Å²) in [5.74, 6) is 2.57. The molecule has 5 heteroatoms. The molecule has 0 aromatic heterocycles. The molecule has 0 spiro atoms. The molecular formula is C14H15ClN4. The van der Waals surface area contributed by atoms with Gasteiger partial charge < -0.3 is 10.6 Å². The van der Waals surface area contributed by atoms with Crippen LogP contribution in [0.3, 0.4) is 0 Å². The van der Waals surface area contributed by atoms with Gasteiger partial charge in [-0.15, -0.1) is 0 Å². The molecule has 3 rings (SSSR count). The highest BCUT2D eigenvalue weighted by Crippen LogP contribution is 2.14. The molecule has 2 heterocycles. The van der Waals surface area contributed by atoms with Gasteiger partial charge in [0.25, 0.3) is 0 Å². The van der Waals surface area contributed by atoms with Gasteiger partial charge in [-0.05, 0) is 24.1 Å². The molecule has 19 heavy (non-hydrogen) atoms. The van der Waals surface area contributed by atoms with E-state index in [0.717, 1.165) is 41.0 Å². The van der Waals surface area contributed by atoms with Crippen molar-refractivity contribution in [2.45, 2.75) is 18.9 Å². The number of fused-ring (bicyclic) bond motifs is 1. The Morgan fingerprint density at radius 1 is 1.42 bits per heavy atom. The lowest BCUT2D eigenvalue weighted by Gasteiger charge is -2.05. The van der Waals surface area contributed by atoms with Crippen molar-refractivity contribution in [1.82, 2.24) is 10.6 Å². The Hall–Kier alpha value is -1.81. The Labute approximate surface area is 117 Å². The zero-order chi connectivity index (χ0) is 13.2. The fourth-order valence-electron chi connectivity index (χ4n) is 2.29. The molecule has 0 aliphatic carbocycles. The van der Waals surface area contributed by atoms with Gasteiger partial charge in [-0.3, -0.25) is 4.99 Å². The molecule has 1 aromatic rings. The first-order chi connectivity index (χ1) is 9.20. The molecule has 0 saturated carbocycles. The summed E-state index contributed by atoms with van der Waals surface area (Å²) in [5, 5.41) is 7.16. The molecule has 0 bridgehead atoms. The SMILES string of the molecule is C=C1NC2=NC(Cc3cccc(Cl)c3)=NCCC2N1. The van der Waals surface area contributed by atoms with Crippen LogP contribution >= 0.6 is 11.6 Å². The largest absolute Gasteiger partial charge is 0.362 e. The molecule has 2 aliphatic heterocycles. The average Bonchev–Trinajstić information content (AvgIpc) is 2.59. The van der Waals surface area contributed by atoms with Crippen LogP contribution in [0.25, 0.3) is 0 Å². The molecule has 1 saturated heterocycles. The number of hydrogen-bond donors (Lipinski definition) is 2. The molecule has 0 radical (unpaired) electrons. The van der Waals surface area contributed by atoms with Crippen molar-refractivity contribution in [3.8, 4) is 0 Å². The van der Waals surface area contributed by atoms with E-state index in [1.165, 1.54) is 0 Å². The van der Waals surface area contributed by atoms with Gasteiger partial charge in [0.15, 0.2) is 0 Å². The first-order valence-electron chi connectivity index (χ1n) is 6.29. The number of amidine groups is 2. The number of nitrogens with one attached hydrogen (secondary N) is 2. The summed E-state index contributed by atoms with van der Waals surface area (Å²) in [6, 6.07) is 8.02. The third kappa shape index (κ3) is 2.79. The van der Waals surface area contributed by atoms with Crippen molar-refractivity contribution in [2.24, 2.45) is 9.98 Å². The predicted octanol–water partition coefficient (Wildman–Crippen LogP) is 2.12. The van der Waals surface area contributed by atoms with Crippen LogP contribution in [0.4, 0.5) is 0 Å². The Morgan fingerprint density at radius 3 is 3.16 bits per heavy atom. The number of rotatable bonds is 2. The van der Waals surface area contributed by atoms with Crippen molar-refractivity contribution in [1.29, 1.82) is 0 Å². The minimum absolute atomic E-state index is 0.216. The molecule has 98 valence electrons. The van der Waals surface area contributed by atoms with Crippen molar-refractivity contribution >= 4 is 23.3 Å². The fraction of sp³-hybridized carbons (Fsp3) is 0.286. The highest BCUT2D eigenvalue weighted by molar-refractivity contribution is 6.30. The van der Waals surface area contributed by atoms with E-state index in [1.807, 2.05) is 24.3 Å². The van der Waals surface area contributed by atoms with E-state index in [0.29, 0.717) is 6.42 Å². The fourth-order valence-corrected chi connectivity index (χ4v) is 2.51. The van der Waals surface area contributed by atoms with E-state index in [4.69, 9.17) is 11.6 Å². The number of benzene rings is 1. The minimum Gasteiger partial charge on any atom is -0.362 e. The summed E-state index contributed by atoms with van der Waals surface area (Å²) >= 11 is 5.99. The van der Waals surface area contributed by atoms with E-state index in [1.54, 1.807) is 0 Å². The van der Waals surface area contributed by atoms with Crippen LogP contribution in [-0.4, -0.2) is 24.3 Å². The lowest BCUT2D eigenvalue weighted by molar-refractivity contribution is 0.688. The summed E-state index contributed by atoms with van der Waals surface area (Å²) in [7, 11) is 0. The summed E-state index contributed by atoms with van der Waals surface area (Å²) in [4.78, 5) is 9.13. The number of hydrogen-bond acceptors (Lipinski definition) is 4. The van der Waals surface area contributed by atoms with E-state index in [-0.39, 0.29) is 6.04 Å². The monoisotopic (exact) mass is 274 g/mol. The Morgan fingerprint density at radius 2 is 2.32 bits per heavy atom. The van der Waals surface area contributed by atoms with Crippen LogP contribution in [0.5, 0.6) is 0 Å². The van der Waals surface area contributed by atoms with E-state index >= 15 is 0 Å². The summed E-state index contributed by atoms with van der Waals surface area (Å²) in [6.07, 6.45) is 1.63. The molecule has 0 amide bonds. The second kappa shape index (κ2) is 5.05. The van der Waals surface area contributed by atoms with Crippen LogP contribution < -0.4 is 10.6 Å². The maximum Gasteiger partial charge on any atom is 0.132 e. The lowest BCUT2D eigenvalue weighted by atomic mass is 10.1. The van der Waals surface area contributed by atoms with Gasteiger partial charge in [-0.25, -0.2) is 4.99 Å². The quantitative estimate of drug-likeness (QED) is 0.868. The second-order valence-corrected chi connectivity index (χ2v) is 5.13. The Kier molecular flexibility index (Phi) is 3.25. The maximum atomic E-state index is 5.99. The normalized spacial score (nSPS) is 21.7. The predicted molar refractivity (Wildman–Crippen MR) is 78.7 cm³/mol. The van der Waals surface area contributed by atoms with E-state index in [2.05, 4.69) is 27.2 Å². The zero-order valence-corrected chi connectivity index (χ0v) is 11.2. The van der Waals surface area contributed by atoms with Crippen LogP contribution in [0.1, 0.15) is 12.0 Å². The molecule has 1 atom stereocenters. The molecule has 1 unspecified atom stereocenters. The van der Waals surface area contributed by atoms with Gasteiger partial charge in [0.2, 0.25) is 0 Å². The number of halogens is 1. The highest BCUT2D eigenvalue weighted by Gasteiger charge is 2.25. The lowest BCUT2D eigenvalue weighted by Crippen LogP contribution is -2.28.